The van der Waals surface area contributed by atoms with E-state index in [9.17, 15) is 14.7 Å². The van der Waals surface area contributed by atoms with E-state index in [1.807, 2.05) is 36.4 Å². The summed E-state index contributed by atoms with van der Waals surface area (Å²) in [5.41, 5.74) is 10.5. The van der Waals surface area contributed by atoms with Crippen LogP contribution in [-0.4, -0.2) is 21.6 Å². The predicted molar refractivity (Wildman–Crippen MR) is 128 cm³/mol. The van der Waals surface area contributed by atoms with E-state index in [1.54, 1.807) is 25.1 Å². The zero-order valence-corrected chi connectivity index (χ0v) is 18.7. The van der Waals surface area contributed by atoms with Crippen LogP contribution in [0.5, 0.6) is 11.5 Å². The van der Waals surface area contributed by atoms with Crippen LogP contribution >= 0.6 is 0 Å². The topological polar surface area (TPSA) is 94.6 Å². The quantitative estimate of drug-likeness (QED) is 0.398. The second kappa shape index (κ2) is 9.20. The predicted octanol–water partition coefficient (Wildman–Crippen LogP) is 5.08. The van der Waals surface area contributed by atoms with E-state index in [0.717, 1.165) is 34.1 Å². The lowest BCUT2D eigenvalue weighted by Crippen LogP contribution is -2.15. The van der Waals surface area contributed by atoms with Crippen molar-refractivity contribution in [3.63, 3.8) is 0 Å². The maximum absolute atomic E-state index is 11.9. The third kappa shape index (κ3) is 4.46. The maximum Gasteiger partial charge on any atom is 0.336 e. The van der Waals surface area contributed by atoms with E-state index in [0.29, 0.717) is 23.6 Å². The molecule has 6 heteroatoms. The molecule has 0 aliphatic carbocycles. The lowest BCUT2D eigenvalue weighted by molar-refractivity contribution is -0.117. The number of hydrogen-bond acceptors (Lipinski definition) is 3. The molecule has 3 aromatic carbocycles. The van der Waals surface area contributed by atoms with Crippen LogP contribution in [0, 0.1) is 6.92 Å². The van der Waals surface area contributed by atoms with Crippen molar-refractivity contribution < 1.29 is 19.4 Å². The van der Waals surface area contributed by atoms with Gasteiger partial charge in [0.2, 0.25) is 5.91 Å². The number of primary amides is 1. The largest absolute Gasteiger partial charge is 0.478 e. The number of rotatable bonds is 8. The standard InChI is InChI=1S/C27H26N2O4/c1-3-23-22(15-26(28)30)21-14-19(33-25-11-7-10-20(17(25)2)27(31)32)12-13-24(21)29(23)16-18-8-5-4-6-9-18/h4-14H,3,15-16H2,1-2H3,(H2,28,30)(H,31,32). The highest BCUT2D eigenvalue weighted by Gasteiger charge is 2.19. The van der Waals surface area contributed by atoms with Gasteiger partial charge in [-0.3, -0.25) is 4.79 Å². The van der Waals surface area contributed by atoms with E-state index >= 15 is 0 Å². The number of fused-ring (bicyclic) bond motifs is 1. The summed E-state index contributed by atoms with van der Waals surface area (Å²) in [6.07, 6.45) is 0.887. The normalized spacial score (nSPS) is 11.0. The van der Waals surface area contributed by atoms with Gasteiger partial charge in [0.15, 0.2) is 0 Å². The first-order valence-electron chi connectivity index (χ1n) is 10.9. The Hall–Kier alpha value is -4.06. The number of aromatic carboxylic acids is 1. The first-order valence-corrected chi connectivity index (χ1v) is 10.9. The summed E-state index contributed by atoms with van der Waals surface area (Å²) in [6.45, 7) is 4.47. The van der Waals surface area contributed by atoms with Gasteiger partial charge < -0.3 is 20.1 Å². The summed E-state index contributed by atoms with van der Waals surface area (Å²) in [6, 6.07) is 20.9. The van der Waals surface area contributed by atoms with Crippen LogP contribution in [0.25, 0.3) is 10.9 Å². The Bertz CT molecular complexity index is 1340. The van der Waals surface area contributed by atoms with Crippen molar-refractivity contribution in [2.45, 2.75) is 33.2 Å². The molecular weight excluding hydrogens is 416 g/mol. The van der Waals surface area contributed by atoms with E-state index in [-0.39, 0.29) is 17.9 Å². The van der Waals surface area contributed by atoms with E-state index in [4.69, 9.17) is 10.5 Å². The fraction of sp³-hybridized carbons (Fsp3) is 0.185. The van der Waals surface area contributed by atoms with Crippen LogP contribution < -0.4 is 10.5 Å². The molecule has 1 amide bonds. The number of carboxylic acid groups (broad SMARTS) is 1. The number of ether oxygens (including phenoxy) is 1. The van der Waals surface area contributed by atoms with Gasteiger partial charge in [0.05, 0.1) is 12.0 Å². The summed E-state index contributed by atoms with van der Waals surface area (Å²) < 4.78 is 8.31. The molecule has 0 atom stereocenters. The Morgan fingerprint density at radius 3 is 2.45 bits per heavy atom. The molecule has 0 radical (unpaired) electrons. The molecule has 0 bridgehead atoms. The summed E-state index contributed by atoms with van der Waals surface area (Å²) >= 11 is 0. The molecule has 0 unspecified atom stereocenters. The van der Waals surface area contributed by atoms with Gasteiger partial charge in [-0.2, -0.15) is 0 Å². The first-order chi connectivity index (χ1) is 15.9. The van der Waals surface area contributed by atoms with Crippen molar-refractivity contribution in [1.82, 2.24) is 4.57 Å². The zero-order valence-electron chi connectivity index (χ0n) is 18.7. The highest BCUT2D eigenvalue weighted by molar-refractivity contribution is 5.92. The summed E-state index contributed by atoms with van der Waals surface area (Å²) in [7, 11) is 0. The number of carboxylic acids is 1. The Balaban J connectivity index is 1.82. The molecule has 0 aliphatic heterocycles. The fourth-order valence-corrected chi connectivity index (χ4v) is 4.33. The van der Waals surface area contributed by atoms with Gasteiger partial charge in [-0.1, -0.05) is 43.3 Å². The third-order valence-corrected chi connectivity index (χ3v) is 5.87. The summed E-state index contributed by atoms with van der Waals surface area (Å²) in [5.74, 6) is -0.342. The molecule has 0 saturated carbocycles. The number of benzene rings is 3. The van der Waals surface area contributed by atoms with Gasteiger partial charge in [0, 0.05) is 28.7 Å². The van der Waals surface area contributed by atoms with Crippen LogP contribution in [0.15, 0.2) is 66.7 Å². The lowest BCUT2D eigenvalue weighted by atomic mass is 10.1. The number of carbonyl (C=O) groups excluding carboxylic acids is 1. The highest BCUT2D eigenvalue weighted by Crippen LogP contribution is 2.34. The summed E-state index contributed by atoms with van der Waals surface area (Å²) in [5, 5.41) is 10.3. The summed E-state index contributed by atoms with van der Waals surface area (Å²) in [4.78, 5) is 23.4. The average molecular weight is 443 g/mol. The number of nitrogens with zero attached hydrogens (tertiary/aromatic N) is 1. The van der Waals surface area contributed by atoms with E-state index in [2.05, 4.69) is 23.6 Å². The molecule has 6 nitrogen and oxygen atoms in total. The Morgan fingerprint density at radius 1 is 1.03 bits per heavy atom. The molecule has 4 rings (SSSR count). The van der Waals surface area contributed by atoms with Crippen molar-refractivity contribution in [2.24, 2.45) is 5.73 Å². The average Bonchev–Trinajstić information content (AvgIpc) is 3.07. The van der Waals surface area contributed by atoms with Crippen molar-refractivity contribution in [3.8, 4) is 11.5 Å². The van der Waals surface area contributed by atoms with Crippen molar-refractivity contribution >= 4 is 22.8 Å². The minimum Gasteiger partial charge on any atom is -0.478 e. The van der Waals surface area contributed by atoms with Crippen molar-refractivity contribution in [1.29, 1.82) is 0 Å². The van der Waals surface area contributed by atoms with Crippen LogP contribution in [0.2, 0.25) is 0 Å². The monoisotopic (exact) mass is 442 g/mol. The van der Waals surface area contributed by atoms with Crippen LogP contribution in [0.3, 0.4) is 0 Å². The number of hydrogen-bond donors (Lipinski definition) is 2. The minimum atomic E-state index is -0.997. The SMILES string of the molecule is CCc1c(CC(N)=O)c2cc(Oc3cccc(C(=O)O)c3C)ccc2n1Cc1ccccc1. The Labute approximate surface area is 192 Å². The molecule has 33 heavy (non-hydrogen) atoms. The van der Waals surface area contributed by atoms with Crippen molar-refractivity contribution in [2.75, 3.05) is 0 Å². The molecule has 0 fully saturated rings. The first kappa shape index (κ1) is 22.1. The smallest absolute Gasteiger partial charge is 0.336 e. The number of aromatic nitrogens is 1. The molecule has 168 valence electrons. The zero-order chi connectivity index (χ0) is 23.5. The van der Waals surface area contributed by atoms with E-state index in [1.165, 1.54) is 0 Å². The molecule has 0 aliphatic rings. The molecule has 1 aromatic heterocycles. The molecule has 4 aromatic rings. The molecule has 1 heterocycles. The second-order valence-corrected chi connectivity index (χ2v) is 8.01. The fourth-order valence-electron chi connectivity index (χ4n) is 4.33. The number of amides is 1. The van der Waals surface area contributed by atoms with Gasteiger partial charge in [-0.15, -0.1) is 0 Å². The molecular formula is C27H26N2O4. The third-order valence-electron chi connectivity index (χ3n) is 5.87. The second-order valence-electron chi connectivity index (χ2n) is 8.01. The molecule has 0 saturated heterocycles. The van der Waals surface area contributed by atoms with Crippen LogP contribution in [-0.2, 0) is 24.2 Å². The van der Waals surface area contributed by atoms with Gasteiger partial charge in [0.25, 0.3) is 0 Å². The minimum absolute atomic E-state index is 0.137. The molecule has 3 N–H and O–H groups in total. The number of carbonyl (C=O) groups is 2. The van der Waals surface area contributed by atoms with Gasteiger partial charge in [-0.05, 0) is 54.8 Å². The van der Waals surface area contributed by atoms with Crippen LogP contribution in [0.1, 0.15) is 39.7 Å². The Kier molecular flexibility index (Phi) is 6.18. The lowest BCUT2D eigenvalue weighted by Gasteiger charge is -2.12. The van der Waals surface area contributed by atoms with Crippen molar-refractivity contribution in [3.05, 3.63) is 94.7 Å². The number of nitrogens with two attached hydrogens (primary N) is 1. The van der Waals surface area contributed by atoms with E-state index < -0.39 is 5.97 Å². The Morgan fingerprint density at radius 2 is 1.79 bits per heavy atom. The van der Waals surface area contributed by atoms with Gasteiger partial charge >= 0.3 is 5.97 Å². The maximum atomic E-state index is 11.9. The van der Waals surface area contributed by atoms with Gasteiger partial charge in [0.1, 0.15) is 11.5 Å². The highest BCUT2D eigenvalue weighted by atomic mass is 16.5. The molecule has 0 spiro atoms. The van der Waals surface area contributed by atoms with Crippen LogP contribution in [0.4, 0.5) is 0 Å². The van der Waals surface area contributed by atoms with Gasteiger partial charge in [-0.25, -0.2) is 4.79 Å².